The molecule has 2 fully saturated rings. The van der Waals surface area contributed by atoms with E-state index in [9.17, 15) is 58.2 Å². The van der Waals surface area contributed by atoms with Crippen molar-refractivity contribution in [3.8, 4) is 5.75 Å². The molecule has 0 unspecified atom stereocenters. The number of likely N-dealkylation sites (N-methyl/N-ethyl adjacent to an activating group) is 1. The molecule has 0 aliphatic carbocycles. The number of carbonyl (C=O) groups is 18. The number of nitrogens with two attached hydrogens (primary N) is 4. The van der Waals surface area contributed by atoms with Crippen LogP contribution < -0.4 is 91.5 Å². The number of para-hydroxylation sites is 1. The highest BCUT2D eigenvalue weighted by atomic mass is 33.1. The molecule has 0 bridgehead atoms. The van der Waals surface area contributed by atoms with Gasteiger partial charge in [-0.15, -0.1) is 0 Å². The molecule has 0 radical (unpaired) electrons. The van der Waals surface area contributed by atoms with Crippen LogP contribution in [0.5, 0.6) is 5.75 Å². The number of aliphatic hydroxyl groups is 1. The number of nitrogens with zero attached hydrogens (tertiary/aromatic N) is 3. The Morgan fingerprint density at radius 1 is 0.610 bits per heavy atom. The fourth-order valence-electron chi connectivity index (χ4n) is 16.2. The number of aliphatic carboxylic acids is 1. The van der Waals surface area contributed by atoms with Gasteiger partial charge in [0.25, 0.3) is 0 Å². The average Bonchev–Trinajstić information content (AvgIpc) is 1.78. The van der Waals surface area contributed by atoms with Gasteiger partial charge in [0, 0.05) is 138 Å². The maximum absolute atomic E-state index is 16.5. The largest absolute Gasteiger partial charge is 0.492 e. The predicted octanol–water partition coefficient (Wildman–Crippen LogP) is -0.238. The van der Waals surface area contributed by atoms with E-state index in [1.165, 1.54) is 54.1 Å². The van der Waals surface area contributed by atoms with Gasteiger partial charge in [-0.2, -0.15) is 0 Å². The number of primary amides is 3. The smallest absolute Gasteiger partial charge is 0.303 e. The molecular weight excluding hydrogens is 1860 g/mol. The summed E-state index contributed by atoms with van der Waals surface area (Å²) >= 11 is 0. The number of pyridine rings is 1. The number of hydrogen-bond donors (Lipinski definition) is 19. The first-order valence-corrected chi connectivity index (χ1v) is 48.2. The van der Waals surface area contributed by atoms with E-state index in [0.717, 1.165) is 56.8 Å². The quantitative estimate of drug-likeness (QED) is 0.0173. The van der Waals surface area contributed by atoms with E-state index in [0.29, 0.717) is 44.3 Å². The Hall–Kier alpha value is -14.1. The van der Waals surface area contributed by atoms with Crippen molar-refractivity contribution in [2.75, 3.05) is 46.5 Å². The number of carbonyl (C=O) groups excluding carboxylic acids is 17. The van der Waals surface area contributed by atoms with Crippen molar-refractivity contribution in [1.82, 2.24) is 83.6 Å². The second-order valence-corrected chi connectivity index (χ2v) is 39.6. The van der Waals surface area contributed by atoms with E-state index in [4.69, 9.17) is 32.4 Å². The van der Waals surface area contributed by atoms with Crippen LogP contribution in [0.4, 0.5) is 0 Å². The number of carboxylic acids is 1. The highest BCUT2D eigenvalue weighted by molar-refractivity contribution is 8.77. The lowest BCUT2D eigenvalue weighted by atomic mass is 9.87. The lowest BCUT2D eigenvalue weighted by molar-refractivity contribution is -0.142. The Kier molecular flexibility index (Phi) is 40.5. The van der Waals surface area contributed by atoms with Gasteiger partial charge in [-0.1, -0.05) is 131 Å². The van der Waals surface area contributed by atoms with Gasteiger partial charge in [0.1, 0.15) is 84.4 Å². The Bertz CT molecular complexity index is 5670. The monoisotopic (exact) mass is 1990 g/mol. The maximum Gasteiger partial charge on any atom is 0.303 e. The first kappa shape index (κ1) is 111. The molecule has 2 aliphatic rings. The standard InChI is InChI=1S/C97H126N20O22S2/c1-54-19-17-25-66-64(51-103-79(54)66)47-71-86(129)105-67(26-15-16-39-117(57(4)120)52-59-20-11-10-12-21-59)84(127)114-82(96(7,8)141-140-95(5,6)81(104-56(3)119)91(134)110-73(49-76(100)122)88(131)113-80(55(2)118)90(133)108-71)92(135)109-69(44-58-28-31-65(32-29-58)139-42-37-98)85(128)106-70(45-60-27-30-62-23-13-14-24-63(62)43-60)89(132)115-97(35-40-138-41-36-97)94(137)112-68(33-34-78(124)125)83(126)107-72(48-75(99)121)87(130)111-74(46-61-22-18-38-102-50-61)93(136)116(9)53-77(101)123/h10-14,17-25,27-32,38,43,50-51,55,67-74,80-82,103,118H,15-16,26,33-37,39-42,44-49,52-53,98H2,1-9H3,(H2,99,121)(H2,100,122)(H2,101,123)(H,104,119)(H,105,129)(H,106,128)(H,107,126)(H,108,133)(H,109,135)(H,110,134)(H,111,130)(H,112,137)(H,113,131)(H,114,127)(H,115,132)(H,124,125)/t55-,67+,68+,69+,70+,71+,72+,73+,74+,80+,81-,82-/m1/s1. The highest BCUT2D eigenvalue weighted by Crippen LogP contribution is 2.47. The van der Waals surface area contributed by atoms with Crippen molar-refractivity contribution in [2.24, 2.45) is 22.9 Å². The fraction of sp³-hybridized carbons (Fsp3) is 0.454. The number of amides is 17. The first-order chi connectivity index (χ1) is 66.8. The molecule has 0 saturated carbocycles. The number of aliphatic hydroxyl groups excluding tert-OH is 1. The van der Waals surface area contributed by atoms with Crippen LogP contribution in [-0.4, -0.2) is 270 Å². The van der Waals surface area contributed by atoms with E-state index in [1.807, 2.05) is 49.4 Å². The summed E-state index contributed by atoms with van der Waals surface area (Å²) in [6.45, 7) is 11.0. The molecule has 2 saturated heterocycles. The third-order valence-corrected chi connectivity index (χ3v) is 28.2. The molecule has 9 rings (SSSR count). The minimum absolute atomic E-state index is 0.0747. The number of hydrogen-bond acceptors (Lipinski definition) is 25. The Morgan fingerprint density at radius 3 is 1.86 bits per heavy atom. The molecule has 2 aromatic heterocycles. The van der Waals surface area contributed by atoms with Crippen molar-refractivity contribution >= 4 is 150 Å². The summed E-state index contributed by atoms with van der Waals surface area (Å²) in [6.07, 6.45) is -2.70. The molecule has 44 heteroatoms. The number of unbranched alkanes of at least 4 members (excludes halogenated alkanes) is 1. The number of aromatic amines is 1. The number of H-pyrrole nitrogens is 1. The van der Waals surface area contributed by atoms with Crippen molar-refractivity contribution in [1.29, 1.82) is 0 Å². The molecule has 4 heterocycles. The van der Waals surface area contributed by atoms with E-state index < -0.39 is 227 Å². The van der Waals surface area contributed by atoms with Gasteiger partial charge >= 0.3 is 5.97 Å². The van der Waals surface area contributed by atoms with Gasteiger partial charge in [-0.25, -0.2) is 0 Å². The van der Waals surface area contributed by atoms with Crippen LogP contribution in [0, 0.1) is 6.92 Å². The molecular formula is C97H126N20O22S2. The van der Waals surface area contributed by atoms with E-state index in [2.05, 4.69) is 73.8 Å². The zero-order chi connectivity index (χ0) is 103. The summed E-state index contributed by atoms with van der Waals surface area (Å²) in [5.41, 5.74) is 24.4. The molecule has 758 valence electrons. The summed E-state index contributed by atoms with van der Waals surface area (Å²) in [7, 11) is 3.02. The molecule has 5 aromatic carbocycles. The van der Waals surface area contributed by atoms with Crippen molar-refractivity contribution < 1.29 is 106 Å². The van der Waals surface area contributed by atoms with Gasteiger partial charge in [0.15, 0.2) is 0 Å². The zero-order valence-corrected chi connectivity index (χ0v) is 81.6. The second-order valence-electron chi connectivity index (χ2n) is 36.1. The lowest BCUT2D eigenvalue weighted by Crippen LogP contribution is -2.67. The fourth-order valence-corrected chi connectivity index (χ4v) is 19.0. The van der Waals surface area contributed by atoms with Gasteiger partial charge in [-0.05, 0) is 130 Å². The minimum Gasteiger partial charge on any atom is -0.492 e. The van der Waals surface area contributed by atoms with E-state index >= 15 is 38.4 Å². The Morgan fingerprint density at radius 2 is 1.21 bits per heavy atom. The summed E-state index contributed by atoms with van der Waals surface area (Å²) in [5, 5.41) is 55.4. The van der Waals surface area contributed by atoms with Crippen molar-refractivity contribution in [2.45, 2.75) is 233 Å². The summed E-state index contributed by atoms with van der Waals surface area (Å²) in [5.74, 6) is -18.5. The number of rotatable bonds is 42. The number of benzene rings is 5. The zero-order valence-electron chi connectivity index (χ0n) is 80.0. The van der Waals surface area contributed by atoms with Crippen LogP contribution >= 0.6 is 21.6 Å². The van der Waals surface area contributed by atoms with E-state index in [-0.39, 0.29) is 96.7 Å². The number of carboxylic acid groups (broad SMARTS) is 1. The van der Waals surface area contributed by atoms with Crippen molar-refractivity contribution in [3.63, 3.8) is 0 Å². The molecule has 2 aliphatic heterocycles. The number of nitrogens with one attached hydrogen (secondary N) is 13. The van der Waals surface area contributed by atoms with Crippen LogP contribution in [0.3, 0.4) is 0 Å². The molecule has 42 nitrogen and oxygen atoms in total. The molecule has 7 aromatic rings. The molecule has 141 heavy (non-hydrogen) atoms. The summed E-state index contributed by atoms with van der Waals surface area (Å²) < 4.78 is 8.27. The molecule has 17 amide bonds. The maximum atomic E-state index is 16.5. The van der Waals surface area contributed by atoms with Gasteiger partial charge in [0.2, 0.25) is 100 Å². The highest BCUT2D eigenvalue weighted by Gasteiger charge is 2.49. The SMILES string of the molecule is CC(=O)N[C@@H]1C(=O)N[C@@H](CC(N)=O)C(=O)N[C@@H]([C@@H](C)O)C(=O)N[C@@H](Cc2c[nH]c3c(C)cccc23)C(=O)N[C@@H](CCCCN(Cc2ccccc2)C(C)=O)C(=O)N[C@H](C(=O)N[C@@H](Cc2ccc(OCCN)cc2)C(=O)N[C@@H](Cc2ccc3ccccc3c2)C(=O)NC2(C(=O)N[C@@H](CCC(=O)O)C(=O)N[C@@H](CC(N)=O)C(=O)N[C@@H](Cc3cccnc3)C(=O)N(C)CC(N)=O)CCOCC2)C(C)(C)SSC1(C)C. The van der Waals surface area contributed by atoms with Crippen LogP contribution in [0.25, 0.3) is 21.7 Å². The van der Waals surface area contributed by atoms with Crippen molar-refractivity contribution in [3.05, 3.63) is 179 Å². The third-order valence-electron chi connectivity index (χ3n) is 23.9. The molecule has 0 spiro atoms. The number of aromatic nitrogens is 2. The van der Waals surface area contributed by atoms with Crippen LogP contribution in [-0.2, 0) is 123 Å². The number of fused-ring (bicyclic) bond motifs is 2. The van der Waals surface area contributed by atoms with Gasteiger partial charge < -0.3 is 121 Å². The number of ether oxygens (including phenoxy) is 2. The molecule has 12 atom stereocenters. The lowest BCUT2D eigenvalue weighted by Gasteiger charge is -2.39. The Labute approximate surface area is 822 Å². The second kappa shape index (κ2) is 51.7. The Balaban J connectivity index is 1.14. The average molecular weight is 1990 g/mol. The van der Waals surface area contributed by atoms with Gasteiger partial charge in [-0.3, -0.25) is 91.3 Å². The van der Waals surface area contributed by atoms with Gasteiger partial charge in [0.05, 0.1) is 25.5 Å². The number of aryl methyl sites for hydroxylation is 1. The minimum atomic E-state index is -2.11. The first-order valence-electron chi connectivity index (χ1n) is 46.0. The van der Waals surface area contributed by atoms with Crippen LogP contribution in [0.15, 0.2) is 146 Å². The predicted molar refractivity (Wildman–Crippen MR) is 523 cm³/mol. The summed E-state index contributed by atoms with van der Waals surface area (Å²) in [4.78, 5) is 271. The normalized spacial score (nSPS) is 19.1. The van der Waals surface area contributed by atoms with Crippen LogP contribution in [0.1, 0.15) is 140 Å². The van der Waals surface area contributed by atoms with E-state index in [1.54, 1.807) is 96.0 Å². The topological polar surface area (TPSA) is 650 Å². The third kappa shape index (κ3) is 32.8. The summed E-state index contributed by atoms with van der Waals surface area (Å²) in [6, 6.07) is 16.6. The molecule has 23 N–H and O–H groups in total. The van der Waals surface area contributed by atoms with Crippen LogP contribution in [0.2, 0.25) is 0 Å².